The van der Waals surface area contributed by atoms with Crippen molar-refractivity contribution in [2.45, 2.75) is 77.8 Å². The Balaban J connectivity index is 1.55. The molecule has 0 spiro atoms. The van der Waals surface area contributed by atoms with Crippen LogP contribution in [0.5, 0.6) is 0 Å². The molecule has 0 radical (unpaired) electrons. The van der Waals surface area contributed by atoms with Crippen LogP contribution >= 0.6 is 0 Å². The molecular weight excluding hydrogens is 262 g/mol. The van der Waals surface area contributed by atoms with Gasteiger partial charge in [-0.15, -0.1) is 0 Å². The Hall–Kier alpha value is -0.900. The van der Waals surface area contributed by atoms with Crippen LogP contribution in [0.4, 0.5) is 0 Å². The summed E-state index contributed by atoms with van der Waals surface area (Å²) < 4.78 is 5.46. The zero-order valence-corrected chi connectivity index (χ0v) is 13.6. The van der Waals surface area contributed by atoms with Crippen molar-refractivity contribution in [3.63, 3.8) is 0 Å². The summed E-state index contributed by atoms with van der Waals surface area (Å²) in [4.78, 5) is 7.17. The lowest BCUT2D eigenvalue weighted by Crippen LogP contribution is -2.32. The molecule has 21 heavy (non-hydrogen) atoms. The minimum atomic E-state index is 0.581. The van der Waals surface area contributed by atoms with E-state index in [4.69, 9.17) is 4.52 Å². The van der Waals surface area contributed by atoms with E-state index in [1.807, 2.05) is 0 Å². The third-order valence-electron chi connectivity index (χ3n) is 4.72. The molecule has 1 aromatic heterocycles. The molecule has 1 heterocycles. The Kier molecular flexibility index (Phi) is 4.94. The Bertz CT molecular complexity index is 433. The van der Waals surface area contributed by atoms with E-state index in [-0.39, 0.29) is 0 Å². The predicted octanol–water partition coefficient (Wildman–Crippen LogP) is 3.81. The molecular formula is C17H29N3O. The first kappa shape index (κ1) is 15.0. The summed E-state index contributed by atoms with van der Waals surface area (Å²) in [6.07, 6.45) is 10.7. The van der Waals surface area contributed by atoms with Crippen LogP contribution in [-0.4, -0.2) is 27.6 Å². The van der Waals surface area contributed by atoms with Crippen molar-refractivity contribution >= 4 is 0 Å². The molecule has 0 saturated heterocycles. The van der Waals surface area contributed by atoms with Gasteiger partial charge in [-0.3, -0.25) is 4.90 Å². The van der Waals surface area contributed by atoms with Gasteiger partial charge in [0.2, 0.25) is 5.89 Å². The highest BCUT2D eigenvalue weighted by Crippen LogP contribution is 2.32. The molecule has 0 atom stereocenters. The molecule has 4 nitrogen and oxygen atoms in total. The second-order valence-corrected chi connectivity index (χ2v) is 7.37. The van der Waals surface area contributed by atoms with Crippen molar-refractivity contribution in [1.82, 2.24) is 15.0 Å². The molecule has 2 aliphatic rings. The van der Waals surface area contributed by atoms with E-state index in [0.717, 1.165) is 36.6 Å². The molecule has 0 bridgehead atoms. The second-order valence-electron chi connectivity index (χ2n) is 7.37. The molecule has 0 aliphatic heterocycles. The molecule has 0 N–H and O–H groups in total. The van der Waals surface area contributed by atoms with Crippen molar-refractivity contribution < 1.29 is 4.52 Å². The first-order chi connectivity index (χ1) is 10.2. The maximum Gasteiger partial charge on any atom is 0.240 e. The first-order valence-electron chi connectivity index (χ1n) is 8.76. The number of hydrogen-bond acceptors (Lipinski definition) is 4. The van der Waals surface area contributed by atoms with Crippen molar-refractivity contribution in [2.75, 3.05) is 6.54 Å². The largest absolute Gasteiger partial charge is 0.338 e. The van der Waals surface area contributed by atoms with Crippen LogP contribution in [0.2, 0.25) is 0 Å². The van der Waals surface area contributed by atoms with Gasteiger partial charge >= 0.3 is 0 Å². The van der Waals surface area contributed by atoms with Crippen LogP contribution in [0.1, 0.15) is 70.5 Å². The molecule has 4 heteroatoms. The normalized spacial score (nSPS) is 20.6. The molecule has 0 unspecified atom stereocenters. The highest BCUT2D eigenvalue weighted by molar-refractivity contribution is 4.92. The minimum Gasteiger partial charge on any atom is -0.338 e. The molecule has 0 aromatic carbocycles. The molecule has 0 amide bonds. The third-order valence-corrected chi connectivity index (χ3v) is 4.72. The lowest BCUT2D eigenvalue weighted by atomic mass is 9.89. The summed E-state index contributed by atoms with van der Waals surface area (Å²) in [5.41, 5.74) is 0. The smallest absolute Gasteiger partial charge is 0.240 e. The van der Waals surface area contributed by atoms with Crippen LogP contribution in [0, 0.1) is 11.8 Å². The fraction of sp³-hybridized carbons (Fsp3) is 0.882. The van der Waals surface area contributed by atoms with Gasteiger partial charge in [-0.25, -0.2) is 0 Å². The Morgan fingerprint density at radius 1 is 1.14 bits per heavy atom. The van der Waals surface area contributed by atoms with Crippen molar-refractivity contribution in [1.29, 1.82) is 0 Å². The van der Waals surface area contributed by atoms with E-state index in [1.165, 1.54) is 51.5 Å². The average Bonchev–Trinajstić information content (AvgIpc) is 3.22. The fourth-order valence-electron chi connectivity index (χ4n) is 3.46. The van der Waals surface area contributed by atoms with Crippen LogP contribution < -0.4 is 0 Å². The van der Waals surface area contributed by atoms with Gasteiger partial charge in [0.25, 0.3) is 0 Å². The highest BCUT2D eigenvalue weighted by Gasteiger charge is 2.32. The topological polar surface area (TPSA) is 42.2 Å². The zero-order valence-electron chi connectivity index (χ0n) is 13.6. The summed E-state index contributed by atoms with van der Waals surface area (Å²) >= 11 is 0. The quantitative estimate of drug-likeness (QED) is 0.766. The van der Waals surface area contributed by atoms with Gasteiger partial charge in [0.15, 0.2) is 5.82 Å². The number of hydrogen-bond donors (Lipinski definition) is 0. The number of nitrogens with zero attached hydrogens (tertiary/aromatic N) is 3. The maximum absolute atomic E-state index is 5.46. The monoisotopic (exact) mass is 291 g/mol. The summed E-state index contributed by atoms with van der Waals surface area (Å²) in [6, 6.07) is 0.771. The SMILES string of the molecule is CC(C)Cc1noc(CN(CC2CCCCC2)C2CC2)n1. The Labute approximate surface area is 128 Å². The van der Waals surface area contributed by atoms with Crippen LogP contribution in [0.3, 0.4) is 0 Å². The summed E-state index contributed by atoms with van der Waals surface area (Å²) in [6.45, 7) is 6.46. The number of rotatable bonds is 7. The fourth-order valence-corrected chi connectivity index (χ4v) is 3.46. The van der Waals surface area contributed by atoms with E-state index in [2.05, 4.69) is 28.9 Å². The van der Waals surface area contributed by atoms with E-state index >= 15 is 0 Å². The molecule has 118 valence electrons. The van der Waals surface area contributed by atoms with Crippen molar-refractivity contribution in [2.24, 2.45) is 11.8 Å². The maximum atomic E-state index is 5.46. The lowest BCUT2D eigenvalue weighted by Gasteiger charge is -2.28. The van der Waals surface area contributed by atoms with E-state index in [1.54, 1.807) is 0 Å². The molecule has 2 aliphatic carbocycles. The Morgan fingerprint density at radius 3 is 2.57 bits per heavy atom. The predicted molar refractivity (Wildman–Crippen MR) is 82.8 cm³/mol. The number of aromatic nitrogens is 2. The summed E-state index contributed by atoms with van der Waals surface area (Å²) in [5.74, 6) is 3.15. The van der Waals surface area contributed by atoms with Crippen molar-refractivity contribution in [3.8, 4) is 0 Å². The van der Waals surface area contributed by atoms with Gasteiger partial charge in [-0.05, 0) is 37.5 Å². The first-order valence-corrected chi connectivity index (χ1v) is 8.76. The van der Waals surface area contributed by atoms with Crippen LogP contribution in [0.25, 0.3) is 0 Å². The van der Waals surface area contributed by atoms with Gasteiger partial charge in [0.05, 0.1) is 6.54 Å². The Morgan fingerprint density at radius 2 is 1.90 bits per heavy atom. The van der Waals surface area contributed by atoms with Gasteiger partial charge in [-0.1, -0.05) is 38.3 Å². The van der Waals surface area contributed by atoms with E-state index in [9.17, 15) is 0 Å². The van der Waals surface area contributed by atoms with Gasteiger partial charge in [-0.2, -0.15) is 4.98 Å². The van der Waals surface area contributed by atoms with Gasteiger partial charge in [0, 0.05) is 19.0 Å². The molecule has 3 rings (SSSR count). The van der Waals surface area contributed by atoms with Crippen LogP contribution in [0.15, 0.2) is 4.52 Å². The molecule has 1 aromatic rings. The third kappa shape index (κ3) is 4.53. The summed E-state index contributed by atoms with van der Waals surface area (Å²) in [7, 11) is 0. The molecule has 2 fully saturated rings. The van der Waals surface area contributed by atoms with Gasteiger partial charge < -0.3 is 4.52 Å². The highest BCUT2D eigenvalue weighted by atomic mass is 16.5. The summed E-state index contributed by atoms with van der Waals surface area (Å²) in [5, 5.41) is 4.12. The van der Waals surface area contributed by atoms with Crippen LogP contribution in [-0.2, 0) is 13.0 Å². The molecule has 2 saturated carbocycles. The average molecular weight is 291 g/mol. The second kappa shape index (κ2) is 6.91. The van der Waals surface area contributed by atoms with Crippen molar-refractivity contribution in [3.05, 3.63) is 11.7 Å². The minimum absolute atomic E-state index is 0.581. The zero-order chi connectivity index (χ0) is 14.7. The van der Waals surface area contributed by atoms with E-state index in [0.29, 0.717) is 5.92 Å². The van der Waals surface area contributed by atoms with Gasteiger partial charge in [0.1, 0.15) is 0 Å². The lowest BCUT2D eigenvalue weighted by molar-refractivity contribution is 0.166. The standard InChI is InChI=1S/C17H29N3O/c1-13(2)10-16-18-17(21-19-16)12-20(15-8-9-15)11-14-6-4-3-5-7-14/h13-15H,3-12H2,1-2H3. The van der Waals surface area contributed by atoms with E-state index < -0.39 is 0 Å².